The quantitative estimate of drug-likeness (QED) is 0.894. The first-order valence-corrected chi connectivity index (χ1v) is 6.85. The second-order valence-electron chi connectivity index (χ2n) is 5.35. The summed E-state index contributed by atoms with van der Waals surface area (Å²) in [4.78, 5) is 0. The number of nitrogens with zero attached hydrogens (tertiary/aromatic N) is 2. The SMILES string of the molecule is CC(c1ccccc1)C(O)Cc1ccn(C(C)C)n1. The zero-order chi connectivity index (χ0) is 13.8. The van der Waals surface area contributed by atoms with Gasteiger partial charge in [0.25, 0.3) is 0 Å². The molecule has 19 heavy (non-hydrogen) atoms. The minimum absolute atomic E-state index is 0.116. The number of hydrogen-bond acceptors (Lipinski definition) is 2. The third-order valence-electron chi connectivity index (χ3n) is 3.51. The minimum Gasteiger partial charge on any atom is -0.392 e. The highest BCUT2D eigenvalue weighted by Crippen LogP contribution is 2.21. The third-order valence-corrected chi connectivity index (χ3v) is 3.51. The van der Waals surface area contributed by atoms with Gasteiger partial charge >= 0.3 is 0 Å². The molecule has 0 spiro atoms. The molecule has 0 aliphatic carbocycles. The molecule has 0 amide bonds. The summed E-state index contributed by atoms with van der Waals surface area (Å²) in [6.45, 7) is 6.25. The molecule has 102 valence electrons. The molecule has 2 unspecified atom stereocenters. The fourth-order valence-electron chi connectivity index (χ4n) is 2.14. The van der Waals surface area contributed by atoms with Gasteiger partial charge in [0.15, 0.2) is 0 Å². The van der Waals surface area contributed by atoms with Gasteiger partial charge in [-0.15, -0.1) is 0 Å². The monoisotopic (exact) mass is 258 g/mol. The Balaban J connectivity index is 2.02. The molecule has 0 bridgehead atoms. The van der Waals surface area contributed by atoms with Crippen molar-refractivity contribution in [1.82, 2.24) is 9.78 Å². The average molecular weight is 258 g/mol. The highest BCUT2D eigenvalue weighted by Gasteiger charge is 2.17. The molecule has 0 aliphatic rings. The predicted octanol–water partition coefficient (Wildman–Crippen LogP) is 3.17. The van der Waals surface area contributed by atoms with Crippen LogP contribution in [0, 0.1) is 0 Å². The fraction of sp³-hybridized carbons (Fsp3) is 0.438. The van der Waals surface area contributed by atoms with E-state index in [2.05, 4.69) is 38.0 Å². The highest BCUT2D eigenvalue weighted by atomic mass is 16.3. The zero-order valence-corrected chi connectivity index (χ0v) is 11.8. The Morgan fingerprint density at radius 1 is 1.11 bits per heavy atom. The summed E-state index contributed by atoms with van der Waals surface area (Å²) in [5.41, 5.74) is 2.11. The molecule has 0 radical (unpaired) electrons. The Morgan fingerprint density at radius 2 is 1.79 bits per heavy atom. The molecule has 2 rings (SSSR count). The lowest BCUT2D eigenvalue weighted by Crippen LogP contribution is -2.19. The zero-order valence-electron chi connectivity index (χ0n) is 11.8. The fourth-order valence-corrected chi connectivity index (χ4v) is 2.14. The first-order chi connectivity index (χ1) is 9.08. The van der Waals surface area contributed by atoms with Crippen LogP contribution in [0.3, 0.4) is 0 Å². The lowest BCUT2D eigenvalue weighted by Gasteiger charge is -2.18. The first kappa shape index (κ1) is 13.8. The van der Waals surface area contributed by atoms with Crippen molar-refractivity contribution in [2.45, 2.75) is 45.3 Å². The van der Waals surface area contributed by atoms with Gasteiger partial charge in [0, 0.05) is 24.6 Å². The Bertz CT molecular complexity index is 504. The summed E-state index contributed by atoms with van der Waals surface area (Å²) in [5, 5.41) is 14.8. The van der Waals surface area contributed by atoms with E-state index in [1.54, 1.807) is 0 Å². The van der Waals surface area contributed by atoms with Gasteiger partial charge in [-0.3, -0.25) is 4.68 Å². The lowest BCUT2D eigenvalue weighted by atomic mass is 9.93. The van der Waals surface area contributed by atoms with Crippen molar-refractivity contribution in [3.05, 3.63) is 53.9 Å². The molecule has 1 heterocycles. The van der Waals surface area contributed by atoms with Gasteiger partial charge in [-0.05, 0) is 25.5 Å². The number of aromatic nitrogens is 2. The molecule has 2 aromatic rings. The van der Waals surface area contributed by atoms with E-state index >= 15 is 0 Å². The maximum Gasteiger partial charge on any atom is 0.0662 e. The lowest BCUT2D eigenvalue weighted by molar-refractivity contribution is 0.148. The van der Waals surface area contributed by atoms with Crippen molar-refractivity contribution < 1.29 is 5.11 Å². The molecule has 3 nitrogen and oxygen atoms in total. The molecule has 1 aromatic heterocycles. The summed E-state index contributed by atoms with van der Waals surface area (Å²) in [7, 11) is 0. The van der Waals surface area contributed by atoms with Crippen molar-refractivity contribution in [2.24, 2.45) is 0 Å². The van der Waals surface area contributed by atoms with Crippen LogP contribution < -0.4 is 0 Å². The summed E-state index contributed by atoms with van der Waals surface area (Å²) < 4.78 is 1.93. The van der Waals surface area contributed by atoms with Crippen LogP contribution >= 0.6 is 0 Å². The van der Waals surface area contributed by atoms with Crippen LogP contribution in [0.5, 0.6) is 0 Å². The number of hydrogen-bond donors (Lipinski definition) is 1. The molecule has 3 heteroatoms. The molecular formula is C16H22N2O. The Hall–Kier alpha value is -1.61. The summed E-state index contributed by atoms with van der Waals surface area (Å²) >= 11 is 0. The van der Waals surface area contributed by atoms with Gasteiger partial charge in [0.1, 0.15) is 0 Å². The Kier molecular flexibility index (Phi) is 4.38. The van der Waals surface area contributed by atoms with Gasteiger partial charge in [-0.1, -0.05) is 37.3 Å². The van der Waals surface area contributed by atoms with Crippen molar-refractivity contribution in [1.29, 1.82) is 0 Å². The molecule has 1 N–H and O–H groups in total. The predicted molar refractivity (Wildman–Crippen MR) is 77.2 cm³/mol. The summed E-state index contributed by atoms with van der Waals surface area (Å²) in [6.07, 6.45) is 2.16. The van der Waals surface area contributed by atoms with Crippen LogP contribution in [0.4, 0.5) is 0 Å². The van der Waals surface area contributed by atoms with Crippen molar-refractivity contribution in [2.75, 3.05) is 0 Å². The van der Waals surface area contributed by atoms with Crippen LogP contribution in [0.25, 0.3) is 0 Å². The van der Waals surface area contributed by atoms with Gasteiger partial charge in [-0.2, -0.15) is 5.10 Å². The molecule has 0 aliphatic heterocycles. The van der Waals surface area contributed by atoms with Crippen LogP contribution in [-0.4, -0.2) is 21.0 Å². The molecule has 0 fully saturated rings. The largest absolute Gasteiger partial charge is 0.392 e. The molecule has 2 atom stereocenters. The number of benzene rings is 1. The van der Waals surface area contributed by atoms with Gasteiger partial charge in [0.05, 0.1) is 11.8 Å². The van der Waals surface area contributed by atoms with Gasteiger partial charge in [-0.25, -0.2) is 0 Å². The summed E-state index contributed by atoms with van der Waals surface area (Å²) in [5.74, 6) is 0.116. The van der Waals surface area contributed by atoms with Crippen molar-refractivity contribution in [3.8, 4) is 0 Å². The first-order valence-electron chi connectivity index (χ1n) is 6.85. The van der Waals surface area contributed by atoms with Crippen LogP contribution in [-0.2, 0) is 6.42 Å². The highest BCUT2D eigenvalue weighted by molar-refractivity contribution is 5.20. The Morgan fingerprint density at radius 3 is 2.37 bits per heavy atom. The minimum atomic E-state index is -0.405. The van der Waals surface area contributed by atoms with E-state index in [4.69, 9.17) is 0 Å². The standard InChI is InChI=1S/C16H22N2O/c1-12(2)18-10-9-15(17-18)11-16(19)13(3)14-7-5-4-6-8-14/h4-10,12-13,16,19H,11H2,1-3H3. The van der Waals surface area contributed by atoms with E-state index in [1.807, 2.05) is 35.1 Å². The Labute approximate surface area is 114 Å². The molecule has 0 saturated heterocycles. The van der Waals surface area contributed by atoms with Gasteiger partial charge < -0.3 is 5.11 Å². The number of rotatable bonds is 5. The van der Waals surface area contributed by atoms with Crippen LogP contribution in [0.15, 0.2) is 42.6 Å². The van der Waals surface area contributed by atoms with E-state index in [0.717, 1.165) is 5.69 Å². The molecular weight excluding hydrogens is 236 g/mol. The summed E-state index contributed by atoms with van der Waals surface area (Å²) in [6, 6.07) is 12.5. The second-order valence-corrected chi connectivity index (χ2v) is 5.35. The van der Waals surface area contributed by atoms with E-state index in [-0.39, 0.29) is 5.92 Å². The van der Waals surface area contributed by atoms with E-state index in [9.17, 15) is 5.11 Å². The topological polar surface area (TPSA) is 38.0 Å². The van der Waals surface area contributed by atoms with Crippen LogP contribution in [0.1, 0.15) is 44.0 Å². The number of aliphatic hydroxyl groups excluding tert-OH is 1. The van der Waals surface area contributed by atoms with Crippen molar-refractivity contribution in [3.63, 3.8) is 0 Å². The molecule has 0 saturated carbocycles. The maximum atomic E-state index is 10.3. The second kappa shape index (κ2) is 6.02. The smallest absolute Gasteiger partial charge is 0.0662 e. The normalized spacial score (nSPS) is 14.6. The third kappa shape index (κ3) is 3.44. The average Bonchev–Trinajstić information content (AvgIpc) is 2.87. The molecule has 1 aromatic carbocycles. The maximum absolute atomic E-state index is 10.3. The van der Waals surface area contributed by atoms with E-state index in [0.29, 0.717) is 12.5 Å². The van der Waals surface area contributed by atoms with Crippen molar-refractivity contribution >= 4 is 0 Å². The number of aliphatic hydroxyl groups is 1. The van der Waals surface area contributed by atoms with Gasteiger partial charge in [0.2, 0.25) is 0 Å². The van der Waals surface area contributed by atoms with Crippen LogP contribution in [0.2, 0.25) is 0 Å². The van der Waals surface area contributed by atoms with E-state index in [1.165, 1.54) is 5.56 Å². The van der Waals surface area contributed by atoms with E-state index < -0.39 is 6.10 Å².